The maximum absolute atomic E-state index is 11.8. The van der Waals surface area contributed by atoms with Crippen LogP contribution in [0.5, 0.6) is 0 Å². The molecule has 0 heterocycles. The lowest BCUT2D eigenvalue weighted by Gasteiger charge is -2.14. The van der Waals surface area contributed by atoms with E-state index in [9.17, 15) is 9.59 Å². The first kappa shape index (κ1) is 16.0. The predicted molar refractivity (Wildman–Crippen MR) is 75.6 cm³/mol. The second-order valence-electron chi connectivity index (χ2n) is 4.41. The van der Waals surface area contributed by atoms with E-state index in [0.29, 0.717) is 25.1 Å². The van der Waals surface area contributed by atoms with Crippen LogP contribution >= 0.6 is 0 Å². The van der Waals surface area contributed by atoms with Crippen molar-refractivity contribution in [2.45, 2.75) is 32.4 Å². The molecule has 0 fully saturated rings. The molecule has 2 amide bonds. The molecule has 110 valence electrons. The third kappa shape index (κ3) is 5.27. The number of nitrogens with one attached hydrogen (secondary N) is 2. The number of hydrogen-bond acceptors (Lipinski definition) is 3. The van der Waals surface area contributed by atoms with Gasteiger partial charge in [-0.1, -0.05) is 25.5 Å². The van der Waals surface area contributed by atoms with Crippen LogP contribution in [-0.4, -0.2) is 30.3 Å². The van der Waals surface area contributed by atoms with Gasteiger partial charge < -0.3 is 20.5 Å². The number of carboxylic acids is 1. The average molecular weight is 280 g/mol. The van der Waals surface area contributed by atoms with Crippen LogP contribution < -0.4 is 10.6 Å². The SMILES string of the molecule is CCC[C@H](NC(=O)Nc1cccc(COC)c1)C(=O)O. The third-order valence-corrected chi connectivity index (χ3v) is 2.68. The van der Waals surface area contributed by atoms with Crippen LogP contribution in [0.2, 0.25) is 0 Å². The van der Waals surface area contributed by atoms with Crippen LogP contribution in [0.3, 0.4) is 0 Å². The number of carboxylic acid groups (broad SMARTS) is 1. The molecular weight excluding hydrogens is 260 g/mol. The third-order valence-electron chi connectivity index (χ3n) is 2.68. The number of anilines is 1. The van der Waals surface area contributed by atoms with Gasteiger partial charge in [-0.15, -0.1) is 0 Å². The first-order valence-electron chi connectivity index (χ1n) is 6.45. The lowest BCUT2D eigenvalue weighted by atomic mass is 10.2. The Morgan fingerprint density at radius 3 is 2.75 bits per heavy atom. The lowest BCUT2D eigenvalue weighted by molar-refractivity contribution is -0.139. The normalized spacial score (nSPS) is 11.7. The van der Waals surface area contributed by atoms with Crippen molar-refractivity contribution < 1.29 is 19.4 Å². The Hall–Kier alpha value is -2.08. The van der Waals surface area contributed by atoms with E-state index in [1.807, 2.05) is 13.0 Å². The molecule has 0 aliphatic heterocycles. The van der Waals surface area contributed by atoms with Gasteiger partial charge in [0.05, 0.1) is 6.61 Å². The number of amides is 2. The molecule has 0 saturated heterocycles. The maximum Gasteiger partial charge on any atom is 0.326 e. The first-order valence-corrected chi connectivity index (χ1v) is 6.45. The number of ether oxygens (including phenoxy) is 1. The molecule has 0 aliphatic rings. The Labute approximate surface area is 118 Å². The molecule has 3 N–H and O–H groups in total. The quantitative estimate of drug-likeness (QED) is 0.714. The number of carbonyl (C=O) groups is 2. The number of aliphatic carboxylic acids is 1. The van der Waals surface area contributed by atoms with Crippen LogP contribution in [0.15, 0.2) is 24.3 Å². The van der Waals surface area contributed by atoms with E-state index in [-0.39, 0.29) is 0 Å². The molecule has 0 radical (unpaired) electrons. The van der Waals surface area contributed by atoms with Crippen molar-refractivity contribution in [2.75, 3.05) is 12.4 Å². The standard InChI is InChI=1S/C14H20N2O4/c1-3-5-12(13(17)18)16-14(19)15-11-7-4-6-10(8-11)9-20-2/h4,6-8,12H,3,5,9H2,1-2H3,(H,17,18)(H2,15,16,19)/t12-/m0/s1. The molecule has 1 rings (SSSR count). The summed E-state index contributed by atoms with van der Waals surface area (Å²) in [5.41, 5.74) is 1.52. The largest absolute Gasteiger partial charge is 0.480 e. The van der Waals surface area contributed by atoms with Crippen LogP contribution in [0.1, 0.15) is 25.3 Å². The fourth-order valence-corrected chi connectivity index (χ4v) is 1.78. The number of rotatable bonds is 7. The van der Waals surface area contributed by atoms with Crippen molar-refractivity contribution in [3.8, 4) is 0 Å². The minimum absolute atomic E-state index is 0.395. The Morgan fingerprint density at radius 2 is 2.15 bits per heavy atom. The number of carbonyl (C=O) groups excluding carboxylic acids is 1. The molecule has 0 bridgehead atoms. The van der Waals surface area contributed by atoms with E-state index >= 15 is 0 Å². The highest BCUT2D eigenvalue weighted by Crippen LogP contribution is 2.11. The fraction of sp³-hybridized carbons (Fsp3) is 0.429. The number of benzene rings is 1. The van der Waals surface area contributed by atoms with Gasteiger partial charge in [-0.25, -0.2) is 9.59 Å². The van der Waals surface area contributed by atoms with Crippen molar-refractivity contribution in [3.05, 3.63) is 29.8 Å². The summed E-state index contributed by atoms with van der Waals surface area (Å²) >= 11 is 0. The predicted octanol–water partition coefficient (Wildman–Crippen LogP) is 2.21. The van der Waals surface area contributed by atoms with Gasteiger partial charge in [-0.2, -0.15) is 0 Å². The Bertz CT molecular complexity index is 462. The second-order valence-corrected chi connectivity index (χ2v) is 4.41. The zero-order valence-corrected chi connectivity index (χ0v) is 11.7. The highest BCUT2D eigenvalue weighted by molar-refractivity contribution is 5.92. The molecule has 0 spiro atoms. The minimum atomic E-state index is -1.03. The van der Waals surface area contributed by atoms with Gasteiger partial charge in [0.15, 0.2) is 0 Å². The first-order chi connectivity index (χ1) is 9.56. The smallest absolute Gasteiger partial charge is 0.326 e. The molecule has 1 aromatic carbocycles. The Morgan fingerprint density at radius 1 is 1.40 bits per heavy atom. The van der Waals surface area contributed by atoms with E-state index < -0.39 is 18.0 Å². The van der Waals surface area contributed by atoms with E-state index in [1.165, 1.54) is 0 Å². The average Bonchev–Trinajstić information content (AvgIpc) is 2.38. The van der Waals surface area contributed by atoms with E-state index in [2.05, 4.69) is 10.6 Å². The van der Waals surface area contributed by atoms with Gasteiger partial charge in [0.2, 0.25) is 0 Å². The maximum atomic E-state index is 11.8. The Balaban J connectivity index is 2.61. The molecule has 1 atom stereocenters. The summed E-state index contributed by atoms with van der Waals surface area (Å²) in [5, 5.41) is 14.0. The van der Waals surface area contributed by atoms with Gasteiger partial charge in [0.1, 0.15) is 6.04 Å². The molecular formula is C14H20N2O4. The van der Waals surface area contributed by atoms with Crippen LogP contribution in [-0.2, 0) is 16.1 Å². The van der Waals surface area contributed by atoms with Crippen LogP contribution in [0, 0.1) is 0 Å². The van der Waals surface area contributed by atoms with Gasteiger partial charge in [-0.3, -0.25) is 0 Å². The van der Waals surface area contributed by atoms with E-state index in [1.54, 1.807) is 25.3 Å². The minimum Gasteiger partial charge on any atom is -0.480 e. The van der Waals surface area contributed by atoms with Gasteiger partial charge in [0, 0.05) is 12.8 Å². The molecule has 6 heteroatoms. The van der Waals surface area contributed by atoms with Gasteiger partial charge in [-0.05, 0) is 24.1 Å². The monoisotopic (exact) mass is 280 g/mol. The van der Waals surface area contributed by atoms with Crippen molar-refractivity contribution in [1.29, 1.82) is 0 Å². The summed E-state index contributed by atoms with van der Waals surface area (Å²) in [6, 6.07) is 5.78. The highest BCUT2D eigenvalue weighted by atomic mass is 16.5. The summed E-state index contributed by atoms with van der Waals surface area (Å²) in [4.78, 5) is 22.7. The molecule has 0 saturated carbocycles. The van der Waals surface area contributed by atoms with Crippen LogP contribution in [0.25, 0.3) is 0 Å². The molecule has 6 nitrogen and oxygen atoms in total. The summed E-state index contributed by atoms with van der Waals surface area (Å²) in [6.45, 7) is 2.31. The zero-order valence-electron chi connectivity index (χ0n) is 11.7. The number of methoxy groups -OCH3 is 1. The Kier molecular flexibility index (Phi) is 6.52. The molecule has 1 aromatic rings. The molecule has 0 aromatic heterocycles. The number of urea groups is 1. The zero-order chi connectivity index (χ0) is 15.0. The molecule has 0 aliphatic carbocycles. The van der Waals surface area contributed by atoms with Crippen molar-refractivity contribution in [2.24, 2.45) is 0 Å². The number of hydrogen-bond donors (Lipinski definition) is 3. The highest BCUT2D eigenvalue weighted by Gasteiger charge is 2.18. The summed E-state index contributed by atoms with van der Waals surface area (Å²) in [6.07, 6.45) is 1.08. The van der Waals surface area contributed by atoms with Crippen molar-refractivity contribution in [1.82, 2.24) is 5.32 Å². The molecule has 20 heavy (non-hydrogen) atoms. The second kappa shape index (κ2) is 8.16. The summed E-state index contributed by atoms with van der Waals surface area (Å²) < 4.78 is 5.01. The molecule has 0 unspecified atom stereocenters. The summed E-state index contributed by atoms with van der Waals surface area (Å²) in [5.74, 6) is -1.03. The van der Waals surface area contributed by atoms with Gasteiger partial charge in [0.25, 0.3) is 0 Å². The van der Waals surface area contributed by atoms with Gasteiger partial charge >= 0.3 is 12.0 Å². The van der Waals surface area contributed by atoms with Crippen molar-refractivity contribution in [3.63, 3.8) is 0 Å². The topological polar surface area (TPSA) is 87.7 Å². The van der Waals surface area contributed by atoms with E-state index in [0.717, 1.165) is 5.56 Å². The van der Waals surface area contributed by atoms with Crippen LogP contribution in [0.4, 0.5) is 10.5 Å². The fourth-order valence-electron chi connectivity index (χ4n) is 1.78. The lowest BCUT2D eigenvalue weighted by Crippen LogP contribution is -2.42. The van der Waals surface area contributed by atoms with E-state index in [4.69, 9.17) is 9.84 Å². The summed E-state index contributed by atoms with van der Waals surface area (Å²) in [7, 11) is 1.59. The van der Waals surface area contributed by atoms with Crippen molar-refractivity contribution >= 4 is 17.7 Å².